The molecule has 1 unspecified atom stereocenters. The summed E-state index contributed by atoms with van der Waals surface area (Å²) in [5.41, 5.74) is 0. The molecular weight excluding hydrogens is 194 g/mol. The first-order valence-electron chi connectivity index (χ1n) is 5.73. The molecule has 1 N–H and O–H groups in total. The van der Waals surface area contributed by atoms with Gasteiger partial charge in [-0.25, -0.2) is 4.79 Å². The lowest BCUT2D eigenvalue weighted by molar-refractivity contribution is -0.159. The average molecular weight is 211 g/mol. The summed E-state index contributed by atoms with van der Waals surface area (Å²) in [4.78, 5) is 24.3. The smallest absolute Gasteiger partial charge is 0.326 e. The lowest BCUT2D eigenvalue weighted by Gasteiger charge is -2.40. The average Bonchev–Trinajstić information content (AvgIpc) is 2.16. The van der Waals surface area contributed by atoms with Crippen LogP contribution in [-0.2, 0) is 9.59 Å². The molecule has 1 atom stereocenters. The molecular formula is C11H17NO3. The van der Waals surface area contributed by atoms with E-state index < -0.39 is 12.0 Å². The number of carboxylic acid groups (broad SMARTS) is 1. The van der Waals surface area contributed by atoms with Crippen LogP contribution < -0.4 is 0 Å². The molecule has 84 valence electrons. The van der Waals surface area contributed by atoms with E-state index in [-0.39, 0.29) is 11.8 Å². The third kappa shape index (κ3) is 1.98. The van der Waals surface area contributed by atoms with Crippen LogP contribution in [0.3, 0.4) is 0 Å². The van der Waals surface area contributed by atoms with Crippen LogP contribution >= 0.6 is 0 Å². The maximum atomic E-state index is 12.0. The molecule has 0 aromatic rings. The summed E-state index contributed by atoms with van der Waals surface area (Å²) >= 11 is 0. The minimum atomic E-state index is -0.856. The molecule has 1 amide bonds. The van der Waals surface area contributed by atoms with Gasteiger partial charge >= 0.3 is 5.97 Å². The van der Waals surface area contributed by atoms with E-state index in [4.69, 9.17) is 5.11 Å². The van der Waals surface area contributed by atoms with Crippen molar-refractivity contribution in [3.8, 4) is 0 Å². The minimum Gasteiger partial charge on any atom is -0.480 e. The van der Waals surface area contributed by atoms with E-state index in [1.165, 1.54) is 6.42 Å². The molecule has 2 rings (SSSR count). The number of nitrogens with zero attached hydrogens (tertiary/aromatic N) is 1. The quantitative estimate of drug-likeness (QED) is 0.748. The molecule has 1 saturated heterocycles. The Morgan fingerprint density at radius 1 is 1.07 bits per heavy atom. The van der Waals surface area contributed by atoms with Crippen molar-refractivity contribution in [2.75, 3.05) is 6.54 Å². The highest BCUT2D eigenvalue weighted by Gasteiger charge is 2.40. The molecule has 0 aromatic heterocycles. The number of hydrogen-bond acceptors (Lipinski definition) is 2. The SMILES string of the molecule is O=C(O)C1CCN1C(=O)C1CCCCC1. The predicted octanol–water partition coefficient (Wildman–Crippen LogP) is 1.25. The Labute approximate surface area is 89.3 Å². The van der Waals surface area contributed by atoms with E-state index in [1.54, 1.807) is 4.90 Å². The fourth-order valence-corrected chi connectivity index (χ4v) is 2.49. The van der Waals surface area contributed by atoms with E-state index in [0.29, 0.717) is 13.0 Å². The first-order valence-corrected chi connectivity index (χ1v) is 5.73. The number of amides is 1. The third-order valence-corrected chi connectivity index (χ3v) is 3.54. The molecule has 0 bridgehead atoms. The number of likely N-dealkylation sites (tertiary alicyclic amines) is 1. The number of rotatable bonds is 2. The van der Waals surface area contributed by atoms with Gasteiger partial charge in [-0.2, -0.15) is 0 Å². The van der Waals surface area contributed by atoms with Crippen molar-refractivity contribution >= 4 is 11.9 Å². The molecule has 1 aliphatic heterocycles. The molecule has 1 heterocycles. The van der Waals surface area contributed by atoms with Crippen molar-refractivity contribution in [2.24, 2.45) is 5.92 Å². The maximum absolute atomic E-state index is 12.0. The molecule has 2 aliphatic rings. The monoisotopic (exact) mass is 211 g/mol. The van der Waals surface area contributed by atoms with Gasteiger partial charge in [0.1, 0.15) is 6.04 Å². The number of carbonyl (C=O) groups is 2. The molecule has 0 spiro atoms. The van der Waals surface area contributed by atoms with Crippen LogP contribution in [0.5, 0.6) is 0 Å². The van der Waals surface area contributed by atoms with Crippen LogP contribution in [0.1, 0.15) is 38.5 Å². The van der Waals surface area contributed by atoms with Crippen LogP contribution in [0.15, 0.2) is 0 Å². The molecule has 2 fully saturated rings. The molecule has 0 radical (unpaired) electrons. The van der Waals surface area contributed by atoms with Crippen LogP contribution in [0.25, 0.3) is 0 Å². The summed E-state index contributed by atoms with van der Waals surface area (Å²) in [7, 11) is 0. The lowest BCUT2D eigenvalue weighted by atomic mass is 9.86. The Balaban J connectivity index is 1.92. The second-order valence-electron chi connectivity index (χ2n) is 4.51. The molecule has 4 heteroatoms. The number of hydrogen-bond donors (Lipinski definition) is 1. The van der Waals surface area contributed by atoms with E-state index in [1.807, 2.05) is 0 Å². The van der Waals surface area contributed by atoms with E-state index in [0.717, 1.165) is 25.7 Å². The van der Waals surface area contributed by atoms with Gasteiger partial charge in [-0.05, 0) is 19.3 Å². The van der Waals surface area contributed by atoms with Crippen molar-refractivity contribution in [3.05, 3.63) is 0 Å². The normalized spacial score (nSPS) is 27.2. The van der Waals surface area contributed by atoms with Crippen molar-refractivity contribution in [2.45, 2.75) is 44.6 Å². The summed E-state index contributed by atoms with van der Waals surface area (Å²) in [6, 6.07) is -0.542. The Hall–Kier alpha value is -1.06. The van der Waals surface area contributed by atoms with Crippen LogP contribution in [0.4, 0.5) is 0 Å². The second-order valence-corrected chi connectivity index (χ2v) is 4.51. The first-order chi connectivity index (χ1) is 7.20. The summed E-state index contributed by atoms with van der Waals surface area (Å²) < 4.78 is 0. The van der Waals surface area contributed by atoms with Gasteiger partial charge in [0.05, 0.1) is 0 Å². The summed E-state index contributed by atoms with van der Waals surface area (Å²) in [6.07, 6.45) is 5.95. The Kier molecular flexibility index (Phi) is 2.93. The maximum Gasteiger partial charge on any atom is 0.326 e. The molecule has 4 nitrogen and oxygen atoms in total. The first kappa shape index (κ1) is 10.5. The predicted molar refractivity (Wildman–Crippen MR) is 54.3 cm³/mol. The van der Waals surface area contributed by atoms with Gasteiger partial charge in [0, 0.05) is 12.5 Å². The highest BCUT2D eigenvalue weighted by Crippen LogP contribution is 2.29. The highest BCUT2D eigenvalue weighted by atomic mass is 16.4. The zero-order valence-corrected chi connectivity index (χ0v) is 8.82. The number of carbonyl (C=O) groups excluding carboxylic acids is 1. The zero-order valence-electron chi connectivity index (χ0n) is 8.82. The van der Waals surface area contributed by atoms with Crippen molar-refractivity contribution in [1.29, 1.82) is 0 Å². The van der Waals surface area contributed by atoms with E-state index in [9.17, 15) is 9.59 Å². The number of aliphatic carboxylic acids is 1. The molecule has 15 heavy (non-hydrogen) atoms. The standard InChI is InChI=1S/C11H17NO3/c13-10(8-4-2-1-3-5-8)12-7-6-9(12)11(14)15/h8-9H,1-7H2,(H,14,15). The fourth-order valence-electron chi connectivity index (χ4n) is 2.49. The van der Waals surface area contributed by atoms with Crippen LogP contribution in [0, 0.1) is 5.92 Å². The largest absolute Gasteiger partial charge is 0.480 e. The van der Waals surface area contributed by atoms with Crippen LogP contribution in [0.2, 0.25) is 0 Å². The highest BCUT2D eigenvalue weighted by molar-refractivity contribution is 5.86. The summed E-state index contributed by atoms with van der Waals surface area (Å²) in [6.45, 7) is 0.631. The van der Waals surface area contributed by atoms with Gasteiger partial charge in [0.25, 0.3) is 0 Å². The Morgan fingerprint density at radius 2 is 1.73 bits per heavy atom. The van der Waals surface area contributed by atoms with Crippen molar-refractivity contribution in [3.63, 3.8) is 0 Å². The van der Waals surface area contributed by atoms with Gasteiger partial charge in [-0.15, -0.1) is 0 Å². The summed E-state index contributed by atoms with van der Waals surface area (Å²) in [5.74, 6) is -0.681. The van der Waals surface area contributed by atoms with Gasteiger partial charge < -0.3 is 10.0 Å². The fraction of sp³-hybridized carbons (Fsp3) is 0.818. The zero-order chi connectivity index (χ0) is 10.8. The van der Waals surface area contributed by atoms with Gasteiger partial charge in [0.2, 0.25) is 5.91 Å². The molecule has 1 aliphatic carbocycles. The topological polar surface area (TPSA) is 57.6 Å². The second kappa shape index (κ2) is 4.21. The lowest BCUT2D eigenvalue weighted by Crippen LogP contribution is -2.56. The third-order valence-electron chi connectivity index (χ3n) is 3.54. The molecule has 1 saturated carbocycles. The van der Waals surface area contributed by atoms with E-state index >= 15 is 0 Å². The molecule has 0 aromatic carbocycles. The number of carboxylic acids is 1. The van der Waals surface area contributed by atoms with Crippen LogP contribution in [-0.4, -0.2) is 34.5 Å². The Bertz CT molecular complexity index is 271. The van der Waals surface area contributed by atoms with Crippen molar-refractivity contribution in [1.82, 2.24) is 4.90 Å². The van der Waals surface area contributed by atoms with Crippen molar-refractivity contribution < 1.29 is 14.7 Å². The minimum absolute atomic E-state index is 0.0772. The Morgan fingerprint density at radius 3 is 2.20 bits per heavy atom. The van der Waals surface area contributed by atoms with Gasteiger partial charge in [-0.1, -0.05) is 19.3 Å². The van der Waals surface area contributed by atoms with E-state index in [2.05, 4.69) is 0 Å². The summed E-state index contributed by atoms with van der Waals surface area (Å²) in [5, 5.41) is 8.86. The van der Waals surface area contributed by atoms with Gasteiger partial charge in [0.15, 0.2) is 0 Å². The van der Waals surface area contributed by atoms with Gasteiger partial charge in [-0.3, -0.25) is 4.79 Å².